The van der Waals surface area contributed by atoms with Crippen LogP contribution in [0.15, 0.2) is 18.2 Å². The van der Waals surface area contributed by atoms with Crippen molar-refractivity contribution in [1.82, 2.24) is 0 Å². The van der Waals surface area contributed by atoms with E-state index in [1.807, 2.05) is 12.1 Å². The minimum atomic E-state index is 0.369. The normalized spacial score (nSPS) is 19.9. The van der Waals surface area contributed by atoms with E-state index in [0.29, 0.717) is 11.3 Å². The zero-order valence-corrected chi connectivity index (χ0v) is 11.6. The third kappa shape index (κ3) is 3.29. The minimum Gasteiger partial charge on any atom is -0.383 e. The van der Waals surface area contributed by atoms with Gasteiger partial charge >= 0.3 is 0 Å². The van der Waals surface area contributed by atoms with Gasteiger partial charge in [0.05, 0.1) is 16.4 Å². The Bertz CT molecular complexity index is 396. The fourth-order valence-corrected chi connectivity index (χ4v) is 2.68. The average molecular weight is 253 g/mol. The Morgan fingerprint density at radius 1 is 1.24 bits per heavy atom. The molecule has 0 aromatic heterocycles. The van der Waals surface area contributed by atoms with E-state index in [1.54, 1.807) is 0 Å². The monoisotopic (exact) mass is 252 g/mol. The number of hydrogen-bond acceptors (Lipinski definition) is 2. The van der Waals surface area contributed by atoms with Crippen LogP contribution < -0.4 is 10.6 Å². The van der Waals surface area contributed by atoms with E-state index in [0.717, 1.165) is 29.5 Å². The van der Waals surface area contributed by atoms with Crippen molar-refractivity contribution in [1.29, 1.82) is 0 Å². The van der Waals surface area contributed by atoms with Crippen molar-refractivity contribution in [2.24, 2.45) is 11.3 Å². The molecule has 1 unspecified atom stereocenters. The molecular formula is C14H21ClN2. The van der Waals surface area contributed by atoms with Crippen LogP contribution in [-0.2, 0) is 0 Å². The highest BCUT2D eigenvalue weighted by molar-refractivity contribution is 6.34. The highest BCUT2D eigenvalue weighted by Crippen LogP contribution is 2.34. The van der Waals surface area contributed by atoms with Gasteiger partial charge in [-0.1, -0.05) is 38.4 Å². The van der Waals surface area contributed by atoms with Gasteiger partial charge in [-0.15, -0.1) is 0 Å². The number of anilines is 2. The van der Waals surface area contributed by atoms with Crippen molar-refractivity contribution in [2.45, 2.75) is 27.2 Å². The van der Waals surface area contributed by atoms with Gasteiger partial charge in [-0.05, 0) is 29.9 Å². The maximum absolute atomic E-state index is 6.19. The molecule has 0 fully saturated rings. The number of hydrogen-bond donors (Lipinski definition) is 2. The fourth-order valence-electron chi connectivity index (χ4n) is 2.43. The van der Waals surface area contributed by atoms with Gasteiger partial charge < -0.3 is 10.6 Å². The molecule has 0 saturated carbocycles. The minimum absolute atomic E-state index is 0.369. The maximum Gasteiger partial charge on any atom is 0.0765 e. The lowest BCUT2D eigenvalue weighted by Crippen LogP contribution is -2.24. The summed E-state index contributed by atoms with van der Waals surface area (Å²) in [5, 5.41) is 7.76. The molecule has 0 saturated heterocycles. The standard InChI is InChI=1S/C14H21ClN2/c1-14(2,3)7-10-8-16-12-6-4-5-11(15)13(12)17-9-10/h4-6,10,16-17H,7-9H2,1-3H3. The lowest BCUT2D eigenvalue weighted by atomic mass is 9.84. The summed E-state index contributed by atoms with van der Waals surface area (Å²) in [6.45, 7) is 8.87. The Labute approximate surface area is 109 Å². The maximum atomic E-state index is 6.19. The van der Waals surface area contributed by atoms with Gasteiger partial charge in [0.2, 0.25) is 0 Å². The summed E-state index contributed by atoms with van der Waals surface area (Å²) in [5.41, 5.74) is 2.54. The first-order chi connectivity index (χ1) is 7.96. The molecule has 0 spiro atoms. The third-order valence-corrected chi connectivity index (χ3v) is 3.38. The van der Waals surface area contributed by atoms with Gasteiger partial charge in [0.1, 0.15) is 0 Å². The predicted molar refractivity (Wildman–Crippen MR) is 76.0 cm³/mol. The highest BCUT2D eigenvalue weighted by Gasteiger charge is 2.22. The molecule has 0 amide bonds. The van der Waals surface area contributed by atoms with Crippen LogP contribution in [0.1, 0.15) is 27.2 Å². The van der Waals surface area contributed by atoms with Gasteiger partial charge in [-0.2, -0.15) is 0 Å². The second-order valence-corrected chi connectivity index (χ2v) is 6.46. The second-order valence-electron chi connectivity index (χ2n) is 6.06. The van der Waals surface area contributed by atoms with Crippen molar-refractivity contribution >= 4 is 23.0 Å². The van der Waals surface area contributed by atoms with Crippen LogP contribution in [0.5, 0.6) is 0 Å². The molecule has 2 nitrogen and oxygen atoms in total. The molecule has 1 aromatic rings. The molecule has 2 rings (SSSR count). The number of nitrogens with one attached hydrogen (secondary N) is 2. The summed E-state index contributed by atoms with van der Waals surface area (Å²) in [4.78, 5) is 0. The molecule has 3 heteroatoms. The van der Waals surface area contributed by atoms with Crippen LogP contribution >= 0.6 is 11.6 Å². The Morgan fingerprint density at radius 3 is 2.65 bits per heavy atom. The number of halogens is 1. The molecule has 1 aliphatic rings. The number of para-hydroxylation sites is 1. The van der Waals surface area contributed by atoms with E-state index in [9.17, 15) is 0 Å². The average Bonchev–Trinajstić information content (AvgIpc) is 2.40. The Balaban J connectivity index is 2.09. The zero-order valence-electron chi connectivity index (χ0n) is 10.8. The van der Waals surface area contributed by atoms with Crippen molar-refractivity contribution < 1.29 is 0 Å². The van der Waals surface area contributed by atoms with Gasteiger partial charge in [0.25, 0.3) is 0 Å². The number of rotatable bonds is 1. The molecule has 17 heavy (non-hydrogen) atoms. The number of fused-ring (bicyclic) bond motifs is 1. The Hall–Kier alpha value is -0.890. The summed E-state index contributed by atoms with van der Waals surface area (Å²) < 4.78 is 0. The fraction of sp³-hybridized carbons (Fsp3) is 0.571. The molecule has 0 aliphatic carbocycles. The molecule has 0 radical (unpaired) electrons. The number of benzene rings is 1. The van der Waals surface area contributed by atoms with E-state index in [2.05, 4.69) is 37.5 Å². The van der Waals surface area contributed by atoms with E-state index < -0.39 is 0 Å². The largest absolute Gasteiger partial charge is 0.383 e. The second kappa shape index (κ2) is 4.77. The zero-order chi connectivity index (χ0) is 12.5. The summed E-state index contributed by atoms with van der Waals surface area (Å²) in [5.74, 6) is 0.637. The van der Waals surface area contributed by atoms with Crippen molar-refractivity contribution in [3.8, 4) is 0 Å². The van der Waals surface area contributed by atoms with Crippen LogP contribution in [0.2, 0.25) is 5.02 Å². The summed E-state index contributed by atoms with van der Waals surface area (Å²) in [7, 11) is 0. The van der Waals surface area contributed by atoms with Crippen LogP contribution in [0, 0.1) is 11.3 Å². The molecular weight excluding hydrogens is 232 g/mol. The van der Waals surface area contributed by atoms with Gasteiger partial charge in [0.15, 0.2) is 0 Å². The lowest BCUT2D eigenvalue weighted by molar-refractivity contribution is 0.310. The molecule has 1 aromatic carbocycles. The Kier molecular flexibility index (Phi) is 3.53. The molecule has 94 valence electrons. The van der Waals surface area contributed by atoms with E-state index in [4.69, 9.17) is 11.6 Å². The molecule has 1 atom stereocenters. The summed E-state index contributed by atoms with van der Waals surface area (Å²) in [6, 6.07) is 5.99. The van der Waals surface area contributed by atoms with Crippen molar-refractivity contribution in [2.75, 3.05) is 23.7 Å². The summed E-state index contributed by atoms with van der Waals surface area (Å²) in [6.07, 6.45) is 1.21. The van der Waals surface area contributed by atoms with Crippen LogP contribution in [0.3, 0.4) is 0 Å². The third-order valence-electron chi connectivity index (χ3n) is 3.06. The smallest absolute Gasteiger partial charge is 0.0765 e. The first-order valence-electron chi connectivity index (χ1n) is 6.22. The van der Waals surface area contributed by atoms with E-state index in [1.165, 1.54) is 6.42 Å². The molecule has 1 aliphatic heterocycles. The van der Waals surface area contributed by atoms with Crippen LogP contribution in [0.4, 0.5) is 11.4 Å². The van der Waals surface area contributed by atoms with Crippen molar-refractivity contribution in [3.63, 3.8) is 0 Å². The van der Waals surface area contributed by atoms with Gasteiger partial charge in [-0.3, -0.25) is 0 Å². The van der Waals surface area contributed by atoms with Gasteiger partial charge in [-0.25, -0.2) is 0 Å². The van der Waals surface area contributed by atoms with Crippen LogP contribution in [0.25, 0.3) is 0 Å². The first kappa shape index (κ1) is 12.6. The topological polar surface area (TPSA) is 24.1 Å². The highest BCUT2D eigenvalue weighted by atomic mass is 35.5. The molecule has 2 N–H and O–H groups in total. The van der Waals surface area contributed by atoms with Crippen LogP contribution in [-0.4, -0.2) is 13.1 Å². The predicted octanol–water partition coefficient (Wildman–Crippen LogP) is 4.23. The van der Waals surface area contributed by atoms with Gasteiger partial charge in [0, 0.05) is 13.1 Å². The SMILES string of the molecule is CC(C)(C)CC1CNc2cccc(Cl)c2NC1. The van der Waals surface area contributed by atoms with E-state index in [-0.39, 0.29) is 0 Å². The molecule has 1 heterocycles. The lowest BCUT2D eigenvalue weighted by Gasteiger charge is -2.25. The van der Waals surface area contributed by atoms with E-state index >= 15 is 0 Å². The molecule has 0 bridgehead atoms. The summed E-state index contributed by atoms with van der Waals surface area (Å²) >= 11 is 6.19. The Morgan fingerprint density at radius 2 is 1.94 bits per heavy atom. The first-order valence-corrected chi connectivity index (χ1v) is 6.60. The van der Waals surface area contributed by atoms with Crippen molar-refractivity contribution in [3.05, 3.63) is 23.2 Å². The quantitative estimate of drug-likeness (QED) is 0.782.